The van der Waals surface area contributed by atoms with Crippen LogP contribution in [0.15, 0.2) is 24.3 Å². The first-order chi connectivity index (χ1) is 11.6. The van der Waals surface area contributed by atoms with E-state index >= 15 is 0 Å². The second-order valence-electron chi connectivity index (χ2n) is 7.86. The van der Waals surface area contributed by atoms with Crippen molar-refractivity contribution in [1.29, 1.82) is 0 Å². The third-order valence-electron chi connectivity index (χ3n) is 6.22. The fourth-order valence-electron chi connectivity index (χ4n) is 5.51. The highest BCUT2D eigenvalue weighted by Crippen LogP contribution is 2.56. The first-order valence-electron chi connectivity index (χ1n) is 9.01. The van der Waals surface area contributed by atoms with Crippen molar-refractivity contribution in [2.75, 3.05) is 5.32 Å². The Balaban J connectivity index is 1.34. The molecule has 0 heterocycles. The maximum Gasteiger partial charge on any atom is 0.316 e. The number of rotatable bonds is 4. The molecule has 0 atom stereocenters. The third-order valence-corrected chi connectivity index (χ3v) is 6.22. The molecule has 4 bridgehead atoms. The van der Waals surface area contributed by atoms with Gasteiger partial charge >= 0.3 is 6.03 Å². The van der Waals surface area contributed by atoms with Crippen molar-refractivity contribution < 1.29 is 9.59 Å². The molecule has 5 heteroatoms. The average molecular weight is 327 g/mol. The molecule has 5 rings (SSSR count). The molecule has 4 saturated carbocycles. The number of primary amides is 1. The van der Waals surface area contributed by atoms with Crippen LogP contribution < -0.4 is 16.4 Å². The van der Waals surface area contributed by atoms with E-state index in [2.05, 4.69) is 10.6 Å². The Morgan fingerprint density at radius 2 is 1.54 bits per heavy atom. The van der Waals surface area contributed by atoms with Gasteiger partial charge in [-0.25, -0.2) is 4.79 Å². The van der Waals surface area contributed by atoms with Crippen LogP contribution in [0, 0.1) is 29.6 Å². The third kappa shape index (κ3) is 2.99. The topological polar surface area (TPSA) is 84.2 Å². The smallest absolute Gasteiger partial charge is 0.316 e. The van der Waals surface area contributed by atoms with E-state index in [0.717, 1.165) is 17.4 Å². The molecule has 0 aliphatic heterocycles. The van der Waals surface area contributed by atoms with Gasteiger partial charge in [0.2, 0.25) is 5.91 Å². The Labute approximate surface area is 142 Å². The molecule has 0 aromatic heterocycles. The van der Waals surface area contributed by atoms with Gasteiger partial charge in [-0.05, 0) is 73.5 Å². The van der Waals surface area contributed by atoms with E-state index in [-0.39, 0.29) is 11.8 Å². The number of benzene rings is 1. The first kappa shape index (κ1) is 15.5. The van der Waals surface area contributed by atoms with Gasteiger partial charge in [-0.15, -0.1) is 0 Å². The summed E-state index contributed by atoms with van der Waals surface area (Å²) in [6.45, 7) is 0.540. The lowest BCUT2D eigenvalue weighted by molar-refractivity contribution is -0.138. The van der Waals surface area contributed by atoms with E-state index in [1.54, 1.807) is 12.1 Å². The summed E-state index contributed by atoms with van der Waals surface area (Å²) in [5.74, 6) is 3.48. The van der Waals surface area contributed by atoms with Gasteiger partial charge in [-0.1, -0.05) is 12.1 Å². The molecule has 24 heavy (non-hydrogen) atoms. The highest BCUT2D eigenvalue weighted by atomic mass is 16.2. The van der Waals surface area contributed by atoms with Gasteiger partial charge in [0.1, 0.15) is 0 Å². The van der Waals surface area contributed by atoms with Gasteiger partial charge in [-0.2, -0.15) is 0 Å². The van der Waals surface area contributed by atoms with Crippen LogP contribution in [0.25, 0.3) is 0 Å². The van der Waals surface area contributed by atoms with Crippen molar-refractivity contribution in [3.63, 3.8) is 0 Å². The Kier molecular flexibility index (Phi) is 3.94. The fraction of sp³-hybridized carbons (Fsp3) is 0.579. The van der Waals surface area contributed by atoms with Crippen molar-refractivity contribution in [3.05, 3.63) is 29.8 Å². The van der Waals surface area contributed by atoms with Crippen LogP contribution in [0.3, 0.4) is 0 Å². The Morgan fingerprint density at radius 1 is 0.958 bits per heavy atom. The van der Waals surface area contributed by atoms with E-state index in [9.17, 15) is 9.59 Å². The lowest BCUT2D eigenvalue weighted by Gasteiger charge is -2.53. The molecule has 4 fully saturated rings. The highest BCUT2D eigenvalue weighted by Gasteiger charge is 2.50. The second-order valence-corrected chi connectivity index (χ2v) is 7.86. The predicted molar refractivity (Wildman–Crippen MR) is 92.0 cm³/mol. The number of carbonyl (C=O) groups is 2. The van der Waals surface area contributed by atoms with Crippen LogP contribution in [-0.4, -0.2) is 11.9 Å². The number of carbonyl (C=O) groups excluding carboxylic acids is 2. The van der Waals surface area contributed by atoms with Crippen molar-refractivity contribution in [2.45, 2.75) is 38.6 Å². The Hall–Kier alpha value is -2.04. The SMILES string of the molecule is NC(=O)Nc1ccc(CNC(=O)C2C3CC4CC(C3)CC2C4)cc1. The highest BCUT2D eigenvalue weighted by molar-refractivity contribution is 5.87. The summed E-state index contributed by atoms with van der Waals surface area (Å²) < 4.78 is 0. The average Bonchev–Trinajstić information content (AvgIpc) is 2.52. The maximum absolute atomic E-state index is 12.7. The van der Waals surface area contributed by atoms with Crippen LogP contribution in [0.5, 0.6) is 0 Å². The van der Waals surface area contributed by atoms with Gasteiger partial charge in [0.15, 0.2) is 0 Å². The number of nitrogens with one attached hydrogen (secondary N) is 2. The molecular formula is C19H25N3O2. The standard InChI is InChI=1S/C19H25N3O2/c20-19(24)22-16-3-1-11(2-4-16)10-21-18(23)17-14-6-12-5-13(8-14)9-15(17)7-12/h1-4,12-15,17H,5-10H2,(H,21,23)(H3,20,22,24). The molecule has 4 N–H and O–H groups in total. The Morgan fingerprint density at radius 3 is 2.08 bits per heavy atom. The molecular weight excluding hydrogens is 302 g/mol. The van der Waals surface area contributed by atoms with Gasteiger partial charge < -0.3 is 16.4 Å². The van der Waals surface area contributed by atoms with Crippen molar-refractivity contribution in [2.24, 2.45) is 35.3 Å². The summed E-state index contributed by atoms with van der Waals surface area (Å²) in [6, 6.07) is 6.84. The minimum atomic E-state index is -0.571. The first-order valence-corrected chi connectivity index (χ1v) is 9.01. The molecule has 4 aliphatic carbocycles. The second kappa shape index (κ2) is 6.11. The van der Waals surface area contributed by atoms with Gasteiger partial charge in [0.25, 0.3) is 0 Å². The zero-order chi connectivity index (χ0) is 16.7. The summed E-state index contributed by atoms with van der Waals surface area (Å²) in [5.41, 5.74) is 6.79. The lowest BCUT2D eigenvalue weighted by Crippen LogP contribution is -2.50. The summed E-state index contributed by atoms with van der Waals surface area (Å²) in [7, 11) is 0. The van der Waals surface area contributed by atoms with Crippen LogP contribution >= 0.6 is 0 Å². The molecule has 1 aromatic carbocycles. The number of amides is 3. The Bertz CT molecular complexity index is 613. The van der Waals surface area contributed by atoms with E-state index in [1.807, 2.05) is 12.1 Å². The van der Waals surface area contributed by atoms with E-state index in [4.69, 9.17) is 5.73 Å². The molecule has 3 amide bonds. The summed E-state index contributed by atoms with van der Waals surface area (Å²) in [4.78, 5) is 23.6. The van der Waals surface area contributed by atoms with Gasteiger partial charge in [-0.3, -0.25) is 4.79 Å². The number of nitrogens with two attached hydrogens (primary N) is 1. The van der Waals surface area contributed by atoms with Crippen LogP contribution in [0.2, 0.25) is 0 Å². The summed E-state index contributed by atoms with van der Waals surface area (Å²) >= 11 is 0. The normalized spacial score (nSPS) is 33.2. The van der Waals surface area contributed by atoms with Gasteiger partial charge in [0, 0.05) is 18.2 Å². The monoisotopic (exact) mass is 327 g/mol. The van der Waals surface area contributed by atoms with Crippen LogP contribution in [0.1, 0.15) is 37.7 Å². The zero-order valence-corrected chi connectivity index (χ0v) is 13.8. The molecule has 0 spiro atoms. The fourth-order valence-corrected chi connectivity index (χ4v) is 5.51. The molecule has 4 aliphatic rings. The minimum Gasteiger partial charge on any atom is -0.352 e. The quantitative estimate of drug-likeness (QED) is 0.794. The lowest BCUT2D eigenvalue weighted by atomic mass is 9.51. The van der Waals surface area contributed by atoms with Crippen LogP contribution in [-0.2, 0) is 11.3 Å². The van der Waals surface area contributed by atoms with E-state index in [0.29, 0.717) is 24.1 Å². The molecule has 128 valence electrons. The van der Waals surface area contributed by atoms with E-state index in [1.165, 1.54) is 32.1 Å². The number of hydrogen-bond donors (Lipinski definition) is 3. The van der Waals surface area contributed by atoms with Crippen molar-refractivity contribution in [3.8, 4) is 0 Å². The number of urea groups is 1. The maximum atomic E-state index is 12.7. The van der Waals surface area contributed by atoms with Crippen molar-refractivity contribution >= 4 is 17.6 Å². The number of hydrogen-bond acceptors (Lipinski definition) is 2. The van der Waals surface area contributed by atoms with Crippen LogP contribution in [0.4, 0.5) is 10.5 Å². The van der Waals surface area contributed by atoms with E-state index < -0.39 is 6.03 Å². The largest absolute Gasteiger partial charge is 0.352 e. The minimum absolute atomic E-state index is 0.230. The molecule has 1 aromatic rings. The molecule has 0 radical (unpaired) electrons. The molecule has 0 unspecified atom stereocenters. The van der Waals surface area contributed by atoms with Crippen molar-refractivity contribution in [1.82, 2.24) is 5.32 Å². The zero-order valence-electron chi connectivity index (χ0n) is 13.8. The summed E-state index contributed by atoms with van der Waals surface area (Å²) in [6.07, 6.45) is 6.46. The van der Waals surface area contributed by atoms with Gasteiger partial charge in [0.05, 0.1) is 0 Å². The predicted octanol–water partition coefficient (Wildman–Crippen LogP) is 2.87. The molecule has 0 saturated heterocycles. The summed E-state index contributed by atoms with van der Waals surface area (Å²) in [5, 5.41) is 5.67. The molecule has 5 nitrogen and oxygen atoms in total. The number of anilines is 1.